The molecular formula is C21H24F2O2. The van der Waals surface area contributed by atoms with Gasteiger partial charge in [0, 0.05) is 10.8 Å². The maximum atomic E-state index is 14.7. The van der Waals surface area contributed by atoms with Crippen LogP contribution in [0.2, 0.25) is 0 Å². The number of rotatable bonds is 0. The van der Waals surface area contributed by atoms with Crippen LogP contribution in [0.4, 0.5) is 8.78 Å². The average Bonchev–Trinajstić information content (AvgIpc) is 2.79. The van der Waals surface area contributed by atoms with Crippen molar-refractivity contribution >= 4 is 11.6 Å². The zero-order valence-electron chi connectivity index (χ0n) is 15.0. The number of carbonyl (C=O) groups excluding carboxylic acids is 2. The van der Waals surface area contributed by atoms with Gasteiger partial charge in [0.05, 0.1) is 0 Å². The van der Waals surface area contributed by atoms with Crippen molar-refractivity contribution in [2.24, 2.45) is 28.6 Å². The van der Waals surface area contributed by atoms with Crippen molar-refractivity contribution in [1.29, 1.82) is 0 Å². The van der Waals surface area contributed by atoms with E-state index in [0.29, 0.717) is 18.4 Å². The standard InChI is InChI=1S/C21H24F2O2/c1-10-7-14-18(23)16(24)8-11(2)21(14,4)12-5-6-20(3)13(17(10)12)9-15(22)19(20)25/h8,12-13,15,17H,1,5-7,9H2,2-4H3/t12-,13-,15?,17+,20-,21+/m0/s1. The zero-order chi connectivity index (χ0) is 18.3. The third-order valence-electron chi connectivity index (χ3n) is 7.86. The summed E-state index contributed by atoms with van der Waals surface area (Å²) in [6.07, 6.45) is 1.94. The number of allylic oxidation sites excluding steroid dienone is 5. The van der Waals surface area contributed by atoms with Gasteiger partial charge in [-0.3, -0.25) is 9.59 Å². The van der Waals surface area contributed by atoms with E-state index in [4.69, 9.17) is 0 Å². The number of Topliss-reactive ketones (excluding diaryl/α,β-unsaturated/α-hetero) is 1. The van der Waals surface area contributed by atoms with E-state index < -0.39 is 28.6 Å². The van der Waals surface area contributed by atoms with Crippen molar-refractivity contribution in [1.82, 2.24) is 0 Å². The predicted molar refractivity (Wildman–Crippen MR) is 91.1 cm³/mol. The molecule has 0 aromatic rings. The highest BCUT2D eigenvalue weighted by Crippen LogP contribution is 2.66. The van der Waals surface area contributed by atoms with Crippen molar-refractivity contribution in [3.8, 4) is 0 Å². The summed E-state index contributed by atoms with van der Waals surface area (Å²) in [5.41, 5.74) is 1.09. The molecule has 0 bridgehead atoms. The van der Waals surface area contributed by atoms with Crippen LogP contribution in [0.3, 0.4) is 0 Å². The molecule has 0 aliphatic heterocycles. The first-order valence-electron chi connectivity index (χ1n) is 9.10. The lowest BCUT2D eigenvalue weighted by molar-refractivity contribution is -0.133. The largest absolute Gasteiger partial charge is 0.296 e. The quantitative estimate of drug-likeness (QED) is 0.598. The Labute approximate surface area is 147 Å². The summed E-state index contributed by atoms with van der Waals surface area (Å²) in [5, 5.41) is 0. The molecule has 134 valence electrons. The Balaban J connectivity index is 1.84. The molecule has 3 saturated carbocycles. The minimum absolute atomic E-state index is 0.00144. The first-order valence-corrected chi connectivity index (χ1v) is 9.10. The molecule has 0 aromatic carbocycles. The van der Waals surface area contributed by atoms with Crippen LogP contribution in [0.25, 0.3) is 0 Å². The molecule has 2 nitrogen and oxygen atoms in total. The van der Waals surface area contributed by atoms with Gasteiger partial charge >= 0.3 is 0 Å². The molecule has 4 aliphatic carbocycles. The minimum atomic E-state index is -1.40. The second-order valence-electron chi connectivity index (χ2n) is 8.78. The molecule has 1 unspecified atom stereocenters. The highest BCUT2D eigenvalue weighted by molar-refractivity contribution is 6.05. The fourth-order valence-electron chi connectivity index (χ4n) is 6.26. The highest BCUT2D eigenvalue weighted by Gasteiger charge is 2.63. The van der Waals surface area contributed by atoms with E-state index in [9.17, 15) is 18.4 Å². The van der Waals surface area contributed by atoms with Gasteiger partial charge in [-0.1, -0.05) is 31.6 Å². The smallest absolute Gasteiger partial charge is 0.214 e. The van der Waals surface area contributed by atoms with E-state index in [1.165, 1.54) is 6.08 Å². The van der Waals surface area contributed by atoms with Gasteiger partial charge in [0.1, 0.15) is 0 Å². The molecule has 0 radical (unpaired) electrons. The van der Waals surface area contributed by atoms with Crippen molar-refractivity contribution in [3.63, 3.8) is 0 Å². The number of alkyl halides is 1. The lowest BCUT2D eigenvalue weighted by Gasteiger charge is -2.57. The van der Waals surface area contributed by atoms with Gasteiger partial charge in [-0.2, -0.15) is 0 Å². The molecule has 0 N–H and O–H groups in total. The Hall–Kier alpha value is -1.58. The SMILES string of the molecule is C=C1CC2=C(F)C(=O)C=C(C)[C@]2(C)[C@H]2CC[C@]3(C)C(=O)C(F)C[C@H]3[C@H]12. The number of hydrogen-bond acceptors (Lipinski definition) is 2. The third kappa shape index (κ3) is 1.89. The summed E-state index contributed by atoms with van der Waals surface area (Å²) in [5.74, 6) is -1.49. The maximum absolute atomic E-state index is 14.7. The summed E-state index contributed by atoms with van der Waals surface area (Å²) < 4.78 is 28.9. The number of fused-ring (bicyclic) bond motifs is 5. The van der Waals surface area contributed by atoms with Crippen LogP contribution >= 0.6 is 0 Å². The fourth-order valence-corrected chi connectivity index (χ4v) is 6.26. The van der Waals surface area contributed by atoms with Crippen LogP contribution in [0.15, 0.2) is 35.2 Å². The van der Waals surface area contributed by atoms with Crippen molar-refractivity contribution in [3.05, 3.63) is 35.2 Å². The van der Waals surface area contributed by atoms with E-state index in [1.54, 1.807) is 0 Å². The van der Waals surface area contributed by atoms with Crippen LogP contribution in [0.1, 0.15) is 46.5 Å². The lowest BCUT2D eigenvalue weighted by Crippen LogP contribution is -2.51. The van der Waals surface area contributed by atoms with Gasteiger partial charge in [0.15, 0.2) is 17.8 Å². The van der Waals surface area contributed by atoms with E-state index in [0.717, 1.165) is 17.6 Å². The summed E-state index contributed by atoms with van der Waals surface area (Å²) in [4.78, 5) is 24.4. The molecular weight excluding hydrogens is 322 g/mol. The van der Waals surface area contributed by atoms with Crippen molar-refractivity contribution < 1.29 is 18.4 Å². The molecule has 0 heterocycles. The minimum Gasteiger partial charge on any atom is -0.296 e. The molecule has 4 heteroatoms. The predicted octanol–water partition coefficient (Wildman–Crippen LogP) is 4.66. The third-order valence-corrected chi connectivity index (χ3v) is 7.86. The number of halogens is 2. The monoisotopic (exact) mass is 346 g/mol. The van der Waals surface area contributed by atoms with Crippen LogP contribution in [-0.2, 0) is 9.59 Å². The summed E-state index contributed by atoms with van der Waals surface area (Å²) >= 11 is 0. The highest BCUT2D eigenvalue weighted by atomic mass is 19.1. The van der Waals surface area contributed by atoms with Gasteiger partial charge < -0.3 is 0 Å². The molecule has 25 heavy (non-hydrogen) atoms. The Kier molecular flexibility index (Phi) is 3.36. The van der Waals surface area contributed by atoms with Crippen LogP contribution in [-0.4, -0.2) is 17.7 Å². The second-order valence-corrected chi connectivity index (χ2v) is 8.78. The molecule has 0 spiro atoms. The lowest BCUT2D eigenvalue weighted by atomic mass is 9.46. The summed E-state index contributed by atoms with van der Waals surface area (Å²) in [6, 6.07) is 0. The van der Waals surface area contributed by atoms with E-state index >= 15 is 0 Å². The maximum Gasteiger partial charge on any atom is 0.214 e. The van der Waals surface area contributed by atoms with Crippen LogP contribution in [0.5, 0.6) is 0 Å². The van der Waals surface area contributed by atoms with Crippen LogP contribution in [0, 0.1) is 28.6 Å². The average molecular weight is 346 g/mol. The van der Waals surface area contributed by atoms with Gasteiger partial charge in [-0.25, -0.2) is 8.78 Å². The van der Waals surface area contributed by atoms with E-state index in [2.05, 4.69) is 6.58 Å². The van der Waals surface area contributed by atoms with Crippen LogP contribution < -0.4 is 0 Å². The fraction of sp³-hybridized carbons (Fsp3) is 0.619. The van der Waals surface area contributed by atoms with Gasteiger partial charge in [-0.15, -0.1) is 0 Å². The van der Waals surface area contributed by atoms with Gasteiger partial charge in [0.25, 0.3) is 0 Å². The number of hydrogen-bond donors (Lipinski definition) is 0. The Morgan fingerprint density at radius 2 is 1.92 bits per heavy atom. The molecule has 6 atom stereocenters. The van der Waals surface area contributed by atoms with E-state index in [-0.39, 0.29) is 30.0 Å². The summed E-state index contributed by atoms with van der Waals surface area (Å²) in [6.45, 7) is 9.98. The Morgan fingerprint density at radius 1 is 1.24 bits per heavy atom. The second kappa shape index (κ2) is 4.99. The molecule has 4 aliphatic rings. The Bertz CT molecular complexity index is 777. The topological polar surface area (TPSA) is 34.1 Å². The van der Waals surface area contributed by atoms with Crippen molar-refractivity contribution in [2.75, 3.05) is 0 Å². The normalized spacial score (nSPS) is 46.6. The number of ketones is 2. The molecule has 0 aromatic heterocycles. The summed E-state index contributed by atoms with van der Waals surface area (Å²) in [7, 11) is 0. The molecule has 3 fully saturated rings. The first-order chi connectivity index (χ1) is 11.6. The Morgan fingerprint density at radius 3 is 2.60 bits per heavy atom. The molecule has 4 rings (SSSR count). The molecule has 0 amide bonds. The first kappa shape index (κ1) is 16.9. The van der Waals surface area contributed by atoms with Gasteiger partial charge in [-0.05, 0) is 62.0 Å². The molecule has 0 saturated heterocycles. The van der Waals surface area contributed by atoms with Crippen molar-refractivity contribution in [2.45, 2.75) is 52.6 Å². The zero-order valence-corrected chi connectivity index (χ0v) is 15.0. The van der Waals surface area contributed by atoms with E-state index in [1.807, 2.05) is 20.8 Å². The van der Waals surface area contributed by atoms with Gasteiger partial charge in [0.2, 0.25) is 5.78 Å². The number of carbonyl (C=O) groups is 2.